The van der Waals surface area contributed by atoms with E-state index >= 15 is 0 Å². The van der Waals surface area contributed by atoms with E-state index in [9.17, 15) is 4.39 Å². The topological polar surface area (TPSA) is 0 Å². The van der Waals surface area contributed by atoms with Gasteiger partial charge in [0.05, 0.1) is 0 Å². The molecule has 0 unspecified atom stereocenters. The molecule has 0 aliphatic heterocycles. The van der Waals surface area contributed by atoms with Crippen molar-refractivity contribution in [2.75, 3.05) is 0 Å². The second kappa shape index (κ2) is 4.20. The molecule has 0 bridgehead atoms. The molecule has 23 heavy (non-hydrogen) atoms. The van der Waals surface area contributed by atoms with Gasteiger partial charge in [-0.15, -0.1) is 0 Å². The molecule has 0 atom stereocenters. The number of benzene rings is 4. The zero-order chi connectivity index (χ0) is 15.7. The van der Waals surface area contributed by atoms with E-state index in [-0.39, 0.29) is 5.82 Å². The van der Waals surface area contributed by atoms with E-state index in [1.165, 1.54) is 38.6 Å². The van der Waals surface area contributed by atoms with Crippen LogP contribution >= 0.6 is 0 Å². The van der Waals surface area contributed by atoms with Gasteiger partial charge in [0.15, 0.2) is 0 Å². The van der Waals surface area contributed by atoms with Crippen LogP contribution in [-0.2, 0) is 0 Å². The van der Waals surface area contributed by atoms with E-state index in [2.05, 4.69) is 50.2 Å². The molecule has 1 aliphatic rings. The predicted molar refractivity (Wildman–Crippen MR) is 95.3 cm³/mol. The second-order valence-corrected chi connectivity index (χ2v) is 6.37. The van der Waals surface area contributed by atoms with E-state index in [0.29, 0.717) is 0 Å². The first-order valence-electron chi connectivity index (χ1n) is 7.92. The van der Waals surface area contributed by atoms with Gasteiger partial charge in [-0.2, -0.15) is 0 Å². The predicted octanol–water partition coefficient (Wildman–Crippen LogP) is 6.40. The molecule has 110 valence electrons. The molecule has 1 aliphatic carbocycles. The lowest BCUT2D eigenvalue weighted by atomic mass is 9.89. The molecule has 4 aromatic rings. The highest BCUT2D eigenvalue weighted by atomic mass is 19.1. The summed E-state index contributed by atoms with van der Waals surface area (Å²) in [7, 11) is 0. The fraction of sp³-hybridized carbons (Fsp3) is 0.0909. The third kappa shape index (κ3) is 1.45. The van der Waals surface area contributed by atoms with Crippen molar-refractivity contribution in [2.45, 2.75) is 13.8 Å². The van der Waals surface area contributed by atoms with E-state index < -0.39 is 0 Å². The first-order valence-corrected chi connectivity index (χ1v) is 7.92. The van der Waals surface area contributed by atoms with Crippen molar-refractivity contribution in [3.05, 3.63) is 71.5 Å². The molecule has 0 N–H and O–H groups in total. The highest BCUT2D eigenvalue weighted by Gasteiger charge is 2.26. The van der Waals surface area contributed by atoms with Gasteiger partial charge in [0.25, 0.3) is 0 Å². The van der Waals surface area contributed by atoms with Crippen molar-refractivity contribution in [1.29, 1.82) is 0 Å². The maximum absolute atomic E-state index is 14.5. The monoisotopic (exact) mass is 298 g/mol. The Morgan fingerprint density at radius 2 is 1.26 bits per heavy atom. The molecule has 0 spiro atoms. The normalized spacial score (nSPS) is 12.1. The zero-order valence-corrected chi connectivity index (χ0v) is 13.1. The Balaban J connectivity index is 2.11. The van der Waals surface area contributed by atoms with Crippen LogP contribution < -0.4 is 0 Å². The lowest BCUT2D eigenvalue weighted by molar-refractivity contribution is 0.639. The van der Waals surface area contributed by atoms with Crippen LogP contribution in [0.5, 0.6) is 0 Å². The average Bonchev–Trinajstić information content (AvgIpc) is 2.90. The van der Waals surface area contributed by atoms with Gasteiger partial charge in [0.1, 0.15) is 5.82 Å². The summed E-state index contributed by atoms with van der Waals surface area (Å²) in [5.74, 6) is -0.131. The number of halogens is 1. The number of hydrogen-bond acceptors (Lipinski definition) is 0. The Morgan fingerprint density at radius 1 is 0.652 bits per heavy atom. The first-order chi connectivity index (χ1) is 11.2. The van der Waals surface area contributed by atoms with Gasteiger partial charge in [0.2, 0.25) is 0 Å². The molecule has 0 amide bonds. The van der Waals surface area contributed by atoms with Crippen LogP contribution in [0.3, 0.4) is 0 Å². The molecule has 4 aromatic carbocycles. The van der Waals surface area contributed by atoms with Crippen LogP contribution in [0.4, 0.5) is 4.39 Å². The van der Waals surface area contributed by atoms with Crippen LogP contribution in [0, 0.1) is 19.7 Å². The van der Waals surface area contributed by atoms with Crippen LogP contribution in [0.1, 0.15) is 11.1 Å². The zero-order valence-electron chi connectivity index (χ0n) is 13.1. The minimum atomic E-state index is -0.131. The van der Waals surface area contributed by atoms with Crippen molar-refractivity contribution in [1.82, 2.24) is 0 Å². The van der Waals surface area contributed by atoms with E-state index in [4.69, 9.17) is 0 Å². The third-order valence-electron chi connectivity index (χ3n) is 5.24. The van der Waals surface area contributed by atoms with Gasteiger partial charge < -0.3 is 0 Å². The van der Waals surface area contributed by atoms with Crippen molar-refractivity contribution in [3.63, 3.8) is 0 Å². The Bertz CT molecular complexity index is 1130. The largest absolute Gasteiger partial charge is 0.206 e. The molecular weight excluding hydrogens is 283 g/mol. The second-order valence-electron chi connectivity index (χ2n) is 6.37. The molecule has 0 heterocycles. The van der Waals surface area contributed by atoms with Crippen molar-refractivity contribution >= 4 is 21.5 Å². The number of hydrogen-bond donors (Lipinski definition) is 0. The molecule has 0 saturated heterocycles. The number of aryl methyl sites for hydroxylation is 2. The van der Waals surface area contributed by atoms with Crippen LogP contribution in [0.2, 0.25) is 0 Å². The molecule has 0 fully saturated rings. The summed E-state index contributed by atoms with van der Waals surface area (Å²) in [6.45, 7) is 4.17. The third-order valence-corrected chi connectivity index (χ3v) is 5.24. The summed E-state index contributed by atoms with van der Waals surface area (Å²) in [6, 6.07) is 18.3. The quantitative estimate of drug-likeness (QED) is 0.310. The van der Waals surface area contributed by atoms with E-state index in [1.54, 1.807) is 12.1 Å². The van der Waals surface area contributed by atoms with Crippen molar-refractivity contribution < 1.29 is 4.39 Å². The lowest BCUT2D eigenvalue weighted by Crippen LogP contribution is -1.93. The van der Waals surface area contributed by atoms with Gasteiger partial charge in [0, 0.05) is 5.39 Å². The van der Waals surface area contributed by atoms with Crippen LogP contribution in [-0.4, -0.2) is 0 Å². The number of fused-ring (bicyclic) bond motifs is 4. The van der Waals surface area contributed by atoms with Gasteiger partial charge in [-0.05, 0) is 69.5 Å². The molecule has 1 heteroatoms. The molecule has 0 aromatic heterocycles. The smallest absolute Gasteiger partial charge is 0.131 e. The fourth-order valence-corrected chi connectivity index (χ4v) is 4.28. The Hall–Kier alpha value is -2.67. The summed E-state index contributed by atoms with van der Waals surface area (Å²) in [6.07, 6.45) is 0. The van der Waals surface area contributed by atoms with Gasteiger partial charge in [-0.25, -0.2) is 4.39 Å². The summed E-state index contributed by atoms with van der Waals surface area (Å²) in [5.41, 5.74) is 7.20. The molecular formula is C22H15F. The number of rotatable bonds is 0. The molecule has 0 nitrogen and oxygen atoms in total. The SMILES string of the molecule is Cc1c2c(c(C)c3c(F)cccc13)-c1cccc3cccc-2c13. The maximum Gasteiger partial charge on any atom is 0.131 e. The van der Waals surface area contributed by atoms with E-state index in [1.807, 2.05) is 6.07 Å². The van der Waals surface area contributed by atoms with Crippen LogP contribution in [0.15, 0.2) is 54.6 Å². The Morgan fingerprint density at radius 3 is 1.96 bits per heavy atom. The van der Waals surface area contributed by atoms with Crippen molar-refractivity contribution in [3.8, 4) is 22.3 Å². The standard InChI is InChI=1S/C22H15F/c1-12-15-8-5-11-18(23)19(15)13(2)21-17-10-4-7-14-6-3-9-16(20(12)21)22(14)17/h3-11H,1-2H3. The highest BCUT2D eigenvalue weighted by Crippen LogP contribution is 2.52. The lowest BCUT2D eigenvalue weighted by Gasteiger charge is -2.15. The van der Waals surface area contributed by atoms with Crippen LogP contribution in [0.25, 0.3) is 43.8 Å². The first kappa shape index (κ1) is 12.8. The van der Waals surface area contributed by atoms with E-state index in [0.717, 1.165) is 16.3 Å². The maximum atomic E-state index is 14.5. The molecule has 0 radical (unpaired) electrons. The summed E-state index contributed by atoms with van der Waals surface area (Å²) in [4.78, 5) is 0. The molecule has 5 rings (SSSR count). The fourth-order valence-electron chi connectivity index (χ4n) is 4.28. The van der Waals surface area contributed by atoms with Gasteiger partial charge in [-0.3, -0.25) is 0 Å². The van der Waals surface area contributed by atoms with Gasteiger partial charge in [-0.1, -0.05) is 48.5 Å². The summed E-state index contributed by atoms with van der Waals surface area (Å²) >= 11 is 0. The molecule has 0 saturated carbocycles. The summed E-state index contributed by atoms with van der Waals surface area (Å²) in [5, 5.41) is 4.33. The van der Waals surface area contributed by atoms with Crippen molar-refractivity contribution in [2.24, 2.45) is 0 Å². The van der Waals surface area contributed by atoms with Gasteiger partial charge >= 0.3 is 0 Å². The Kier molecular flexibility index (Phi) is 2.34. The minimum Gasteiger partial charge on any atom is -0.206 e. The summed E-state index contributed by atoms with van der Waals surface area (Å²) < 4.78 is 14.5. The Labute approximate surface area is 134 Å². The highest BCUT2D eigenvalue weighted by molar-refractivity contribution is 6.19. The minimum absolute atomic E-state index is 0.131. The average molecular weight is 298 g/mol.